The average Bonchev–Trinajstić information content (AvgIpc) is 2.66. The molecule has 0 aliphatic carbocycles. The van der Waals surface area contributed by atoms with Crippen LogP contribution in [0.4, 0.5) is 10.1 Å². The Balaban J connectivity index is 1.74. The minimum Gasteiger partial charge on any atom is -0.366 e. The number of halogens is 1. The normalized spacial score (nSPS) is 15.8. The van der Waals surface area contributed by atoms with Gasteiger partial charge in [0.1, 0.15) is 5.82 Å². The van der Waals surface area contributed by atoms with Crippen molar-refractivity contribution in [3.63, 3.8) is 0 Å². The van der Waals surface area contributed by atoms with Crippen molar-refractivity contribution in [2.45, 2.75) is 24.3 Å². The Bertz CT molecular complexity index is 966. The van der Waals surface area contributed by atoms with Gasteiger partial charge in [-0.15, -0.1) is 11.8 Å². The van der Waals surface area contributed by atoms with E-state index in [1.807, 2.05) is 6.92 Å². The van der Waals surface area contributed by atoms with Gasteiger partial charge in [0, 0.05) is 18.2 Å². The first-order valence-electron chi connectivity index (χ1n) is 8.56. The zero-order valence-corrected chi connectivity index (χ0v) is 15.9. The van der Waals surface area contributed by atoms with Crippen LogP contribution in [0.3, 0.4) is 0 Å². The summed E-state index contributed by atoms with van der Waals surface area (Å²) in [6.07, 6.45) is 0.629. The molecule has 2 N–H and O–H groups in total. The van der Waals surface area contributed by atoms with Gasteiger partial charge in [-0.05, 0) is 48.7 Å². The van der Waals surface area contributed by atoms with Gasteiger partial charge in [0.15, 0.2) is 0 Å². The Morgan fingerprint density at radius 1 is 1.32 bits per heavy atom. The van der Waals surface area contributed by atoms with E-state index >= 15 is 0 Å². The molecule has 0 saturated heterocycles. The number of hydrogen-bond donors (Lipinski definition) is 1. The smallest absolute Gasteiger partial charge is 0.283 e. The van der Waals surface area contributed by atoms with Crippen LogP contribution in [0.2, 0.25) is 0 Å². The largest absolute Gasteiger partial charge is 0.366 e. The first kappa shape index (κ1) is 19.8. The van der Waals surface area contributed by atoms with Gasteiger partial charge in [-0.25, -0.2) is 4.39 Å². The molecule has 1 atom stereocenters. The predicted molar refractivity (Wildman–Crippen MR) is 103 cm³/mol. The molecule has 0 spiro atoms. The van der Waals surface area contributed by atoms with Gasteiger partial charge >= 0.3 is 0 Å². The second-order valence-corrected chi connectivity index (χ2v) is 7.47. The summed E-state index contributed by atoms with van der Waals surface area (Å²) < 4.78 is 13.6. The maximum Gasteiger partial charge on any atom is 0.283 e. The lowest BCUT2D eigenvalue weighted by Gasteiger charge is -2.35. The van der Waals surface area contributed by atoms with E-state index in [9.17, 15) is 24.1 Å². The fourth-order valence-electron chi connectivity index (χ4n) is 3.28. The molecule has 3 rings (SSSR count). The molecule has 2 aromatic carbocycles. The Morgan fingerprint density at radius 2 is 2.07 bits per heavy atom. The first-order chi connectivity index (χ1) is 13.3. The molecule has 2 amide bonds. The molecule has 0 bridgehead atoms. The number of primary amides is 1. The van der Waals surface area contributed by atoms with Gasteiger partial charge in [-0.3, -0.25) is 19.7 Å². The molecular weight excluding hydrogens is 385 g/mol. The molecule has 0 radical (unpaired) electrons. The molecule has 146 valence electrons. The zero-order chi connectivity index (χ0) is 20.4. The highest BCUT2D eigenvalue weighted by molar-refractivity contribution is 8.00. The summed E-state index contributed by atoms with van der Waals surface area (Å²) in [5, 5.41) is 11.3. The maximum absolute atomic E-state index is 13.6. The molecule has 0 aromatic heterocycles. The zero-order valence-electron chi connectivity index (χ0n) is 15.1. The molecular formula is C19H18FN3O4S. The van der Waals surface area contributed by atoms with E-state index in [-0.39, 0.29) is 39.7 Å². The number of hydrogen-bond acceptors (Lipinski definition) is 5. The van der Waals surface area contributed by atoms with Gasteiger partial charge in [0.05, 0.1) is 21.6 Å². The van der Waals surface area contributed by atoms with Crippen molar-refractivity contribution in [2.24, 2.45) is 5.73 Å². The number of carbonyl (C=O) groups excluding carboxylic acids is 2. The van der Waals surface area contributed by atoms with Gasteiger partial charge in [0.25, 0.3) is 5.69 Å². The van der Waals surface area contributed by atoms with Crippen LogP contribution >= 0.6 is 11.8 Å². The second-order valence-electron chi connectivity index (χ2n) is 6.45. The third-order valence-corrected chi connectivity index (χ3v) is 5.81. The fraction of sp³-hybridized carbons (Fsp3) is 0.263. The van der Waals surface area contributed by atoms with E-state index < -0.39 is 10.8 Å². The Labute approximate surface area is 164 Å². The lowest BCUT2D eigenvalue weighted by atomic mass is 9.93. The molecule has 28 heavy (non-hydrogen) atoms. The van der Waals surface area contributed by atoms with E-state index in [1.54, 1.807) is 11.0 Å². The van der Waals surface area contributed by atoms with Crippen LogP contribution in [0, 0.1) is 15.9 Å². The minimum atomic E-state index is -0.760. The number of nitrogens with two attached hydrogens (primary N) is 1. The van der Waals surface area contributed by atoms with Gasteiger partial charge in [-0.1, -0.05) is 6.07 Å². The van der Waals surface area contributed by atoms with E-state index in [4.69, 9.17) is 5.73 Å². The number of benzene rings is 2. The summed E-state index contributed by atoms with van der Waals surface area (Å²) in [5.41, 5.74) is 6.72. The molecule has 2 aromatic rings. The quantitative estimate of drug-likeness (QED) is 0.469. The summed E-state index contributed by atoms with van der Waals surface area (Å²) in [7, 11) is 0. The van der Waals surface area contributed by atoms with Crippen molar-refractivity contribution in [3.8, 4) is 0 Å². The fourth-order valence-corrected chi connectivity index (χ4v) is 4.17. The molecule has 0 fully saturated rings. The highest BCUT2D eigenvalue weighted by Crippen LogP contribution is 2.33. The molecule has 1 heterocycles. The summed E-state index contributed by atoms with van der Waals surface area (Å²) >= 11 is 1.02. The molecule has 7 nitrogen and oxygen atoms in total. The monoisotopic (exact) mass is 403 g/mol. The van der Waals surface area contributed by atoms with Crippen LogP contribution < -0.4 is 5.73 Å². The van der Waals surface area contributed by atoms with Crippen LogP contribution in [-0.2, 0) is 11.2 Å². The van der Waals surface area contributed by atoms with Crippen LogP contribution in [-0.4, -0.2) is 33.9 Å². The number of nitrogens with zero attached hydrogens (tertiary/aromatic N) is 2. The van der Waals surface area contributed by atoms with E-state index in [1.165, 1.54) is 24.3 Å². The van der Waals surface area contributed by atoms with E-state index in [0.29, 0.717) is 13.0 Å². The van der Waals surface area contributed by atoms with Gasteiger partial charge in [0.2, 0.25) is 11.8 Å². The highest BCUT2D eigenvalue weighted by Gasteiger charge is 2.28. The average molecular weight is 403 g/mol. The number of nitro benzene ring substituents is 1. The number of nitro groups is 1. The van der Waals surface area contributed by atoms with Crippen molar-refractivity contribution in [2.75, 3.05) is 12.3 Å². The van der Waals surface area contributed by atoms with E-state index in [0.717, 1.165) is 29.0 Å². The molecule has 9 heteroatoms. The van der Waals surface area contributed by atoms with Crippen LogP contribution in [0.25, 0.3) is 0 Å². The van der Waals surface area contributed by atoms with Gasteiger partial charge < -0.3 is 10.6 Å². The van der Waals surface area contributed by atoms with Crippen LogP contribution in [0.5, 0.6) is 0 Å². The number of fused-ring (bicyclic) bond motifs is 1. The van der Waals surface area contributed by atoms with Crippen LogP contribution in [0.15, 0.2) is 41.3 Å². The molecule has 1 aliphatic rings. The SMILES string of the molecule is CC1c2cc(F)ccc2CCN1C(=O)CSc1ccc(C(N)=O)cc1[N+](=O)[O-]. The molecule has 0 saturated carbocycles. The standard InChI is InChI=1S/C19H18FN3O4S/c1-11-15-9-14(20)4-2-12(15)6-7-22(11)18(24)10-28-17-5-3-13(19(21)25)8-16(17)23(26)27/h2-5,8-9,11H,6-7,10H2,1H3,(H2,21,25). The second kappa shape index (κ2) is 7.97. The predicted octanol–water partition coefficient (Wildman–Crippen LogP) is 3.07. The van der Waals surface area contributed by atoms with Crippen molar-refractivity contribution in [1.29, 1.82) is 0 Å². The number of amides is 2. The van der Waals surface area contributed by atoms with Crippen molar-refractivity contribution >= 4 is 29.3 Å². The summed E-state index contributed by atoms with van der Waals surface area (Å²) in [4.78, 5) is 36.5. The summed E-state index contributed by atoms with van der Waals surface area (Å²) in [6.45, 7) is 2.34. The maximum atomic E-state index is 13.6. The number of carbonyl (C=O) groups is 2. The lowest BCUT2D eigenvalue weighted by Crippen LogP contribution is -2.39. The van der Waals surface area contributed by atoms with Crippen molar-refractivity contribution < 1.29 is 18.9 Å². The van der Waals surface area contributed by atoms with Crippen molar-refractivity contribution in [3.05, 3.63) is 69.0 Å². The summed E-state index contributed by atoms with van der Waals surface area (Å²) in [6, 6.07) is 8.23. The topological polar surface area (TPSA) is 107 Å². The van der Waals surface area contributed by atoms with E-state index in [2.05, 4.69) is 0 Å². The van der Waals surface area contributed by atoms with Crippen LogP contribution in [0.1, 0.15) is 34.5 Å². The highest BCUT2D eigenvalue weighted by atomic mass is 32.2. The lowest BCUT2D eigenvalue weighted by molar-refractivity contribution is -0.387. The third kappa shape index (κ3) is 3.99. The van der Waals surface area contributed by atoms with Crippen molar-refractivity contribution in [1.82, 2.24) is 4.90 Å². The Morgan fingerprint density at radius 3 is 2.75 bits per heavy atom. The first-order valence-corrected chi connectivity index (χ1v) is 9.55. The summed E-state index contributed by atoms with van der Waals surface area (Å²) in [5.74, 6) is -1.31. The Kier molecular flexibility index (Phi) is 5.64. The number of rotatable bonds is 5. The Hall–Kier alpha value is -2.94. The molecule has 1 aliphatic heterocycles. The van der Waals surface area contributed by atoms with Gasteiger partial charge in [-0.2, -0.15) is 0 Å². The minimum absolute atomic E-state index is 0.00819. The molecule has 1 unspecified atom stereocenters. The number of thioether (sulfide) groups is 1. The third-order valence-electron chi connectivity index (χ3n) is 4.76.